The van der Waals surface area contributed by atoms with E-state index < -0.39 is 0 Å². The summed E-state index contributed by atoms with van der Waals surface area (Å²) in [5.74, 6) is 2.62. The summed E-state index contributed by atoms with van der Waals surface area (Å²) in [6.07, 6.45) is 4.22. The molecular weight excluding hydrogens is 220 g/mol. The van der Waals surface area contributed by atoms with Gasteiger partial charge in [-0.15, -0.1) is 0 Å². The molecule has 2 saturated carbocycles. The summed E-state index contributed by atoms with van der Waals surface area (Å²) < 4.78 is 6.04. The van der Waals surface area contributed by atoms with Gasteiger partial charge in [-0.1, -0.05) is 39.0 Å². The van der Waals surface area contributed by atoms with Gasteiger partial charge in [-0.05, 0) is 48.1 Å². The summed E-state index contributed by atoms with van der Waals surface area (Å²) in [5, 5.41) is 0. The Kier molecular flexibility index (Phi) is 2.69. The number of hydrogen-bond acceptors (Lipinski definition) is 1. The molecule has 18 heavy (non-hydrogen) atoms. The lowest BCUT2D eigenvalue weighted by atomic mass is 9.64. The van der Waals surface area contributed by atoms with Crippen molar-refractivity contribution in [2.45, 2.75) is 40.0 Å². The van der Waals surface area contributed by atoms with E-state index in [4.69, 9.17) is 4.74 Å². The van der Waals surface area contributed by atoms with Crippen LogP contribution in [-0.2, 0) is 0 Å². The first kappa shape index (κ1) is 12.1. The molecule has 0 heterocycles. The molecule has 98 valence electrons. The van der Waals surface area contributed by atoms with E-state index in [1.54, 1.807) is 0 Å². The summed E-state index contributed by atoms with van der Waals surface area (Å²) in [6.45, 7) is 8.24. The molecule has 0 N–H and O–H groups in total. The van der Waals surface area contributed by atoms with Crippen molar-refractivity contribution < 1.29 is 4.74 Å². The Hall–Kier alpha value is -0.980. The van der Waals surface area contributed by atoms with Crippen molar-refractivity contribution in [2.24, 2.45) is 22.7 Å². The van der Waals surface area contributed by atoms with Gasteiger partial charge in [-0.2, -0.15) is 0 Å². The highest BCUT2D eigenvalue weighted by molar-refractivity contribution is 5.21. The molecule has 1 heteroatoms. The molecule has 0 radical (unpaired) electrons. The molecule has 3 atom stereocenters. The van der Waals surface area contributed by atoms with Gasteiger partial charge in [0.25, 0.3) is 0 Å². The molecule has 0 aliphatic heterocycles. The van der Waals surface area contributed by atoms with Crippen LogP contribution in [0.15, 0.2) is 30.3 Å². The van der Waals surface area contributed by atoms with Crippen molar-refractivity contribution in [2.75, 3.05) is 6.61 Å². The van der Waals surface area contributed by atoms with Crippen LogP contribution in [0.25, 0.3) is 0 Å². The Morgan fingerprint density at radius 2 is 1.89 bits per heavy atom. The Balaban J connectivity index is 1.73. The molecule has 1 aromatic carbocycles. The maximum atomic E-state index is 6.04. The van der Waals surface area contributed by atoms with Gasteiger partial charge in [0.1, 0.15) is 5.75 Å². The van der Waals surface area contributed by atoms with E-state index in [0.29, 0.717) is 16.7 Å². The number of fused-ring (bicyclic) bond motifs is 2. The van der Waals surface area contributed by atoms with Crippen LogP contribution in [0, 0.1) is 22.7 Å². The van der Waals surface area contributed by atoms with Crippen LogP contribution >= 0.6 is 0 Å². The fourth-order valence-electron chi connectivity index (χ4n) is 4.52. The van der Waals surface area contributed by atoms with E-state index in [1.807, 2.05) is 18.2 Å². The average Bonchev–Trinajstić information content (AvgIpc) is 2.81. The topological polar surface area (TPSA) is 9.23 Å². The van der Waals surface area contributed by atoms with Crippen molar-refractivity contribution >= 4 is 0 Å². The molecule has 2 fully saturated rings. The van der Waals surface area contributed by atoms with Crippen LogP contribution in [0.4, 0.5) is 0 Å². The van der Waals surface area contributed by atoms with Gasteiger partial charge >= 0.3 is 0 Å². The van der Waals surface area contributed by atoms with Gasteiger partial charge < -0.3 is 4.74 Å². The molecule has 1 aromatic rings. The molecule has 0 saturated heterocycles. The number of para-hydroxylation sites is 1. The van der Waals surface area contributed by atoms with E-state index in [0.717, 1.165) is 18.3 Å². The summed E-state index contributed by atoms with van der Waals surface area (Å²) in [7, 11) is 0. The van der Waals surface area contributed by atoms with Gasteiger partial charge in [0, 0.05) is 5.92 Å². The zero-order valence-corrected chi connectivity index (χ0v) is 11.8. The average molecular weight is 244 g/mol. The molecule has 1 nitrogen and oxygen atoms in total. The predicted octanol–water partition coefficient (Wildman–Crippen LogP) is 4.53. The second kappa shape index (κ2) is 4.01. The van der Waals surface area contributed by atoms with Crippen molar-refractivity contribution in [1.29, 1.82) is 0 Å². The van der Waals surface area contributed by atoms with E-state index in [-0.39, 0.29) is 0 Å². The molecular formula is C17H24O. The van der Waals surface area contributed by atoms with E-state index in [9.17, 15) is 0 Å². The molecule has 3 unspecified atom stereocenters. The monoisotopic (exact) mass is 244 g/mol. The molecule has 0 spiro atoms. The quantitative estimate of drug-likeness (QED) is 0.759. The summed E-state index contributed by atoms with van der Waals surface area (Å²) in [6, 6.07) is 10.2. The van der Waals surface area contributed by atoms with Gasteiger partial charge in [0.2, 0.25) is 0 Å². The fraction of sp³-hybridized carbons (Fsp3) is 0.647. The maximum absolute atomic E-state index is 6.04. The van der Waals surface area contributed by atoms with Gasteiger partial charge in [0.05, 0.1) is 6.61 Å². The fourth-order valence-corrected chi connectivity index (χ4v) is 4.52. The minimum absolute atomic E-state index is 0.446. The lowest BCUT2D eigenvalue weighted by Crippen LogP contribution is -2.39. The second-order valence-electron chi connectivity index (χ2n) is 7.09. The first-order chi connectivity index (χ1) is 8.52. The molecule has 0 amide bonds. The summed E-state index contributed by atoms with van der Waals surface area (Å²) >= 11 is 0. The lowest BCUT2D eigenvalue weighted by Gasteiger charge is -2.42. The van der Waals surface area contributed by atoms with Crippen LogP contribution in [0.3, 0.4) is 0 Å². The molecule has 2 bridgehead atoms. The minimum Gasteiger partial charge on any atom is -0.493 e. The Morgan fingerprint density at radius 1 is 1.17 bits per heavy atom. The number of benzene rings is 1. The van der Waals surface area contributed by atoms with Crippen LogP contribution < -0.4 is 4.74 Å². The van der Waals surface area contributed by atoms with Crippen molar-refractivity contribution in [3.8, 4) is 5.75 Å². The molecule has 0 aromatic heterocycles. The van der Waals surface area contributed by atoms with Gasteiger partial charge in [0.15, 0.2) is 0 Å². The van der Waals surface area contributed by atoms with Crippen LogP contribution in [-0.4, -0.2) is 6.61 Å². The van der Waals surface area contributed by atoms with Crippen LogP contribution in [0.5, 0.6) is 5.75 Å². The zero-order chi connectivity index (χ0) is 12.8. The van der Waals surface area contributed by atoms with E-state index >= 15 is 0 Å². The molecule has 2 aliphatic carbocycles. The van der Waals surface area contributed by atoms with E-state index in [2.05, 4.69) is 32.9 Å². The van der Waals surface area contributed by atoms with Gasteiger partial charge in [-0.25, -0.2) is 0 Å². The number of rotatable bonds is 3. The van der Waals surface area contributed by atoms with E-state index in [1.165, 1.54) is 19.3 Å². The van der Waals surface area contributed by atoms with Crippen LogP contribution in [0.1, 0.15) is 40.0 Å². The zero-order valence-electron chi connectivity index (χ0n) is 11.8. The van der Waals surface area contributed by atoms with Gasteiger partial charge in [-0.3, -0.25) is 0 Å². The molecule has 3 rings (SSSR count). The minimum atomic E-state index is 0.446. The predicted molar refractivity (Wildman–Crippen MR) is 74.7 cm³/mol. The van der Waals surface area contributed by atoms with Crippen molar-refractivity contribution in [3.05, 3.63) is 30.3 Å². The smallest absolute Gasteiger partial charge is 0.119 e. The third kappa shape index (κ3) is 1.75. The highest BCUT2D eigenvalue weighted by Crippen LogP contribution is 2.65. The summed E-state index contributed by atoms with van der Waals surface area (Å²) in [5.41, 5.74) is 0.963. The second-order valence-corrected chi connectivity index (χ2v) is 7.09. The SMILES string of the molecule is CC12CCC(C1)C(C)(C)C2COc1ccccc1. The highest BCUT2D eigenvalue weighted by Gasteiger charge is 2.59. The van der Waals surface area contributed by atoms with Crippen LogP contribution in [0.2, 0.25) is 0 Å². The van der Waals surface area contributed by atoms with Crippen molar-refractivity contribution in [3.63, 3.8) is 0 Å². The summed E-state index contributed by atoms with van der Waals surface area (Å²) in [4.78, 5) is 0. The Labute approximate surface area is 111 Å². The normalized spacial score (nSPS) is 36.8. The maximum Gasteiger partial charge on any atom is 0.119 e. The van der Waals surface area contributed by atoms with Crippen molar-refractivity contribution in [1.82, 2.24) is 0 Å². The lowest BCUT2D eigenvalue weighted by molar-refractivity contribution is 0.0328. The largest absolute Gasteiger partial charge is 0.493 e. The first-order valence-electron chi connectivity index (χ1n) is 7.20. The third-order valence-electron chi connectivity index (χ3n) is 5.73. The Morgan fingerprint density at radius 3 is 2.50 bits per heavy atom. The Bertz CT molecular complexity index is 418. The third-order valence-corrected chi connectivity index (χ3v) is 5.73. The highest BCUT2D eigenvalue weighted by atomic mass is 16.5. The number of hydrogen-bond donors (Lipinski definition) is 0. The number of ether oxygens (including phenoxy) is 1. The molecule has 2 aliphatic rings. The standard InChI is InChI=1S/C17H24O/c1-16(2)13-9-10-17(3,11-13)15(16)12-18-14-7-5-4-6-8-14/h4-8,13,15H,9-12H2,1-3H3. The first-order valence-corrected chi connectivity index (χ1v) is 7.20.